The molecule has 2 heterocycles. The van der Waals surface area contributed by atoms with Crippen molar-refractivity contribution in [3.63, 3.8) is 0 Å². The SMILES string of the molecule is CN1C(=O)Cc2cccc(-c3cc(N)on3)c21. The zero-order chi connectivity index (χ0) is 12.0. The maximum absolute atomic E-state index is 11.7. The largest absolute Gasteiger partial charge is 0.368 e. The van der Waals surface area contributed by atoms with Gasteiger partial charge in [-0.1, -0.05) is 23.4 Å². The normalized spacial score (nSPS) is 14.2. The summed E-state index contributed by atoms with van der Waals surface area (Å²) < 4.78 is 4.87. The molecule has 1 aliphatic heterocycles. The van der Waals surface area contributed by atoms with Crippen LogP contribution in [0.5, 0.6) is 0 Å². The summed E-state index contributed by atoms with van der Waals surface area (Å²) in [6, 6.07) is 7.42. The first-order valence-corrected chi connectivity index (χ1v) is 5.28. The van der Waals surface area contributed by atoms with E-state index in [-0.39, 0.29) is 11.8 Å². The number of fused-ring (bicyclic) bond motifs is 1. The highest BCUT2D eigenvalue weighted by molar-refractivity contribution is 6.05. The minimum Gasteiger partial charge on any atom is -0.368 e. The molecule has 1 amide bonds. The molecule has 0 spiro atoms. The lowest BCUT2D eigenvalue weighted by Crippen LogP contribution is -2.21. The molecule has 17 heavy (non-hydrogen) atoms. The molecular weight excluding hydrogens is 218 g/mol. The summed E-state index contributed by atoms with van der Waals surface area (Å²) in [5, 5.41) is 3.89. The minimum absolute atomic E-state index is 0.0870. The Bertz CT molecular complexity index is 604. The lowest BCUT2D eigenvalue weighted by atomic mass is 10.0. The number of carbonyl (C=O) groups excluding carboxylic acids is 1. The fourth-order valence-corrected chi connectivity index (χ4v) is 2.16. The number of para-hydroxylation sites is 1. The van der Waals surface area contributed by atoms with E-state index >= 15 is 0 Å². The number of nitrogen functional groups attached to an aromatic ring is 1. The topological polar surface area (TPSA) is 72.4 Å². The molecule has 0 saturated carbocycles. The van der Waals surface area contributed by atoms with Crippen LogP contribution >= 0.6 is 0 Å². The number of anilines is 2. The Labute approximate surface area is 97.8 Å². The highest BCUT2D eigenvalue weighted by Gasteiger charge is 2.27. The summed E-state index contributed by atoms with van der Waals surface area (Å²) in [5.74, 6) is 0.355. The van der Waals surface area contributed by atoms with E-state index in [0.29, 0.717) is 12.1 Å². The first-order chi connectivity index (χ1) is 8.16. The molecule has 1 aromatic heterocycles. The molecule has 0 aliphatic carbocycles. The Morgan fingerprint density at radius 3 is 3.00 bits per heavy atom. The van der Waals surface area contributed by atoms with Gasteiger partial charge >= 0.3 is 0 Å². The minimum atomic E-state index is 0.0870. The van der Waals surface area contributed by atoms with Crippen LogP contribution in [0.2, 0.25) is 0 Å². The number of aromatic nitrogens is 1. The number of amides is 1. The monoisotopic (exact) mass is 229 g/mol. The molecule has 5 heteroatoms. The summed E-state index contributed by atoms with van der Waals surface area (Å²) in [6.45, 7) is 0. The van der Waals surface area contributed by atoms with Gasteiger partial charge in [-0.3, -0.25) is 4.79 Å². The van der Waals surface area contributed by atoms with Crippen molar-refractivity contribution in [3.05, 3.63) is 29.8 Å². The predicted molar refractivity (Wildman–Crippen MR) is 63.5 cm³/mol. The summed E-state index contributed by atoms with van der Waals surface area (Å²) in [7, 11) is 1.76. The Kier molecular flexibility index (Phi) is 1.95. The van der Waals surface area contributed by atoms with Crippen molar-refractivity contribution >= 4 is 17.5 Å². The standard InChI is InChI=1S/C12H11N3O2/c1-15-11(16)5-7-3-2-4-8(12(7)15)9-6-10(13)17-14-9/h2-4,6H,5,13H2,1H3. The van der Waals surface area contributed by atoms with Crippen molar-refractivity contribution in [2.24, 2.45) is 0 Å². The summed E-state index contributed by atoms with van der Waals surface area (Å²) in [4.78, 5) is 13.3. The smallest absolute Gasteiger partial charge is 0.231 e. The van der Waals surface area contributed by atoms with Crippen LogP contribution < -0.4 is 10.6 Å². The van der Waals surface area contributed by atoms with Crippen LogP contribution in [0.15, 0.2) is 28.8 Å². The molecule has 2 N–H and O–H groups in total. The van der Waals surface area contributed by atoms with Crippen molar-refractivity contribution in [2.45, 2.75) is 6.42 Å². The number of rotatable bonds is 1. The first-order valence-electron chi connectivity index (χ1n) is 5.28. The van der Waals surface area contributed by atoms with Crippen molar-refractivity contribution in [1.29, 1.82) is 0 Å². The summed E-state index contributed by atoms with van der Waals surface area (Å²) in [5.41, 5.74) is 8.94. The maximum Gasteiger partial charge on any atom is 0.231 e. The first kappa shape index (κ1) is 9.89. The van der Waals surface area contributed by atoms with Gasteiger partial charge in [0.25, 0.3) is 0 Å². The van der Waals surface area contributed by atoms with E-state index in [1.165, 1.54) is 0 Å². The van der Waals surface area contributed by atoms with Gasteiger partial charge in [-0.2, -0.15) is 0 Å². The van der Waals surface area contributed by atoms with E-state index in [1.54, 1.807) is 18.0 Å². The number of nitrogens with zero attached hydrogens (tertiary/aromatic N) is 2. The van der Waals surface area contributed by atoms with Crippen molar-refractivity contribution < 1.29 is 9.32 Å². The van der Waals surface area contributed by atoms with Gasteiger partial charge in [-0.25, -0.2) is 0 Å². The molecule has 0 fully saturated rings. The van der Waals surface area contributed by atoms with Gasteiger partial charge < -0.3 is 15.2 Å². The van der Waals surface area contributed by atoms with Crippen LogP contribution in [0.3, 0.4) is 0 Å². The molecule has 0 atom stereocenters. The third-order valence-corrected chi connectivity index (χ3v) is 2.98. The maximum atomic E-state index is 11.7. The second-order valence-electron chi connectivity index (χ2n) is 4.06. The molecule has 1 aliphatic rings. The lowest BCUT2D eigenvalue weighted by molar-refractivity contribution is -0.117. The van der Waals surface area contributed by atoms with Crippen LogP contribution in [0, 0.1) is 0 Å². The Balaban J connectivity index is 2.20. The van der Waals surface area contributed by atoms with Crippen LogP contribution in [-0.2, 0) is 11.2 Å². The molecule has 0 saturated heterocycles. The van der Waals surface area contributed by atoms with Gasteiger partial charge in [0.1, 0.15) is 5.69 Å². The van der Waals surface area contributed by atoms with E-state index < -0.39 is 0 Å². The van der Waals surface area contributed by atoms with Gasteiger partial charge in [0.05, 0.1) is 12.1 Å². The van der Waals surface area contributed by atoms with Crippen LogP contribution in [0.1, 0.15) is 5.56 Å². The van der Waals surface area contributed by atoms with Gasteiger partial charge in [0.15, 0.2) is 0 Å². The average Bonchev–Trinajstić information content (AvgIpc) is 2.85. The number of likely N-dealkylation sites (N-methyl/N-ethyl adjacent to an activating group) is 1. The highest BCUT2D eigenvalue weighted by atomic mass is 16.5. The third kappa shape index (κ3) is 1.39. The fraction of sp³-hybridized carbons (Fsp3) is 0.167. The predicted octanol–water partition coefficient (Wildman–Crippen LogP) is 1.44. The third-order valence-electron chi connectivity index (χ3n) is 2.98. The lowest BCUT2D eigenvalue weighted by Gasteiger charge is -2.13. The van der Waals surface area contributed by atoms with Gasteiger partial charge in [0, 0.05) is 18.7 Å². The molecule has 0 radical (unpaired) electrons. The molecule has 5 nitrogen and oxygen atoms in total. The molecule has 0 unspecified atom stereocenters. The van der Waals surface area contributed by atoms with Gasteiger partial charge in [-0.15, -0.1) is 0 Å². The van der Waals surface area contributed by atoms with Crippen LogP contribution in [0.4, 0.5) is 11.6 Å². The van der Waals surface area contributed by atoms with E-state index in [2.05, 4.69) is 5.16 Å². The van der Waals surface area contributed by atoms with Crippen molar-refractivity contribution in [3.8, 4) is 11.3 Å². The van der Waals surface area contributed by atoms with Gasteiger partial charge in [-0.05, 0) is 5.56 Å². The quantitative estimate of drug-likeness (QED) is 0.803. The average molecular weight is 229 g/mol. The number of benzene rings is 1. The zero-order valence-corrected chi connectivity index (χ0v) is 9.30. The molecular formula is C12H11N3O2. The van der Waals surface area contributed by atoms with Crippen LogP contribution in [0.25, 0.3) is 11.3 Å². The van der Waals surface area contributed by atoms with E-state index in [1.807, 2.05) is 18.2 Å². The second kappa shape index (κ2) is 3.35. The Morgan fingerprint density at radius 1 is 1.47 bits per heavy atom. The van der Waals surface area contributed by atoms with Crippen molar-refractivity contribution in [1.82, 2.24) is 5.16 Å². The number of carbonyl (C=O) groups is 1. The Hall–Kier alpha value is -2.30. The molecule has 2 aromatic rings. The second-order valence-corrected chi connectivity index (χ2v) is 4.06. The Morgan fingerprint density at radius 2 is 2.29 bits per heavy atom. The van der Waals surface area contributed by atoms with Gasteiger partial charge in [0.2, 0.25) is 11.8 Å². The number of hydrogen-bond acceptors (Lipinski definition) is 4. The van der Waals surface area contributed by atoms with E-state index in [9.17, 15) is 4.79 Å². The summed E-state index contributed by atoms with van der Waals surface area (Å²) >= 11 is 0. The molecule has 1 aromatic carbocycles. The van der Waals surface area contributed by atoms with E-state index in [4.69, 9.17) is 10.3 Å². The number of nitrogens with two attached hydrogens (primary N) is 1. The fourth-order valence-electron chi connectivity index (χ4n) is 2.16. The molecule has 86 valence electrons. The number of hydrogen-bond donors (Lipinski definition) is 1. The molecule has 0 bridgehead atoms. The van der Waals surface area contributed by atoms with E-state index in [0.717, 1.165) is 16.8 Å². The summed E-state index contributed by atoms with van der Waals surface area (Å²) in [6.07, 6.45) is 0.438. The van der Waals surface area contributed by atoms with Crippen LogP contribution in [-0.4, -0.2) is 18.1 Å². The molecule has 3 rings (SSSR count). The van der Waals surface area contributed by atoms with Crippen molar-refractivity contribution in [2.75, 3.05) is 17.7 Å². The zero-order valence-electron chi connectivity index (χ0n) is 9.30. The highest BCUT2D eigenvalue weighted by Crippen LogP contribution is 2.37.